The zero-order valence-corrected chi connectivity index (χ0v) is 23.5. The number of benzene rings is 1. The second-order valence-corrected chi connectivity index (χ2v) is 11.2. The van der Waals surface area contributed by atoms with Crippen molar-refractivity contribution < 1.29 is 35.9 Å². The summed E-state index contributed by atoms with van der Waals surface area (Å²) in [5.74, 6) is -2.82. The molecule has 0 aliphatic carbocycles. The molecular formula is C27H31F4N5O4S. The summed E-state index contributed by atoms with van der Waals surface area (Å²) in [5, 5.41) is 7.12. The monoisotopic (exact) mass is 597 g/mol. The van der Waals surface area contributed by atoms with E-state index in [4.69, 9.17) is 9.90 Å². The van der Waals surface area contributed by atoms with Gasteiger partial charge in [0.2, 0.25) is 5.95 Å². The maximum absolute atomic E-state index is 13.3. The first-order chi connectivity index (χ1) is 19.2. The quantitative estimate of drug-likeness (QED) is 0.288. The third-order valence-electron chi connectivity index (χ3n) is 6.74. The number of likely N-dealkylation sites (tertiary alicyclic amines) is 1. The van der Waals surface area contributed by atoms with Gasteiger partial charge in [0, 0.05) is 38.4 Å². The van der Waals surface area contributed by atoms with Crippen LogP contribution in [0.1, 0.15) is 36.9 Å². The summed E-state index contributed by atoms with van der Waals surface area (Å²) < 4.78 is 72.8. The van der Waals surface area contributed by atoms with E-state index in [-0.39, 0.29) is 10.7 Å². The van der Waals surface area contributed by atoms with Gasteiger partial charge in [-0.3, -0.25) is 9.62 Å². The Hall–Kier alpha value is -3.78. The fraction of sp³-hybridized carbons (Fsp3) is 0.370. The molecule has 14 heteroatoms. The predicted octanol–water partition coefficient (Wildman–Crippen LogP) is 5.02. The third-order valence-corrected chi connectivity index (χ3v) is 8.06. The number of sulfonamides is 1. The molecule has 1 aromatic carbocycles. The van der Waals surface area contributed by atoms with Crippen LogP contribution in [0, 0.1) is 12.9 Å². The van der Waals surface area contributed by atoms with Gasteiger partial charge in [0.15, 0.2) is 0 Å². The molecule has 2 aromatic heterocycles. The predicted molar refractivity (Wildman–Crippen MR) is 146 cm³/mol. The van der Waals surface area contributed by atoms with Gasteiger partial charge in [-0.2, -0.15) is 17.6 Å². The van der Waals surface area contributed by atoms with Gasteiger partial charge in [0.25, 0.3) is 10.0 Å². The lowest BCUT2D eigenvalue weighted by molar-refractivity contribution is -0.192. The normalized spacial score (nSPS) is 15.4. The van der Waals surface area contributed by atoms with Gasteiger partial charge in [-0.15, -0.1) is 0 Å². The van der Waals surface area contributed by atoms with E-state index in [1.165, 1.54) is 23.9 Å². The zero-order chi connectivity index (χ0) is 30.4. The van der Waals surface area contributed by atoms with Gasteiger partial charge in [-0.05, 0) is 56.0 Å². The molecule has 1 atom stereocenters. The van der Waals surface area contributed by atoms with E-state index >= 15 is 0 Å². The number of anilines is 2. The van der Waals surface area contributed by atoms with E-state index in [0.29, 0.717) is 12.1 Å². The van der Waals surface area contributed by atoms with Crippen LogP contribution in [0.3, 0.4) is 0 Å². The van der Waals surface area contributed by atoms with E-state index < -0.39 is 28.1 Å². The van der Waals surface area contributed by atoms with Gasteiger partial charge in [-0.25, -0.2) is 23.2 Å². The molecule has 9 nitrogen and oxygen atoms in total. The Morgan fingerprint density at radius 1 is 1.12 bits per heavy atom. The van der Waals surface area contributed by atoms with Crippen LogP contribution >= 0.6 is 0 Å². The number of aliphatic carboxylic acids is 1. The average molecular weight is 598 g/mol. The number of carbonyl (C=O) groups is 1. The molecule has 0 bridgehead atoms. The largest absolute Gasteiger partial charge is 0.490 e. The molecule has 0 radical (unpaired) electrons. The maximum Gasteiger partial charge on any atom is 0.490 e. The number of halogens is 4. The maximum atomic E-state index is 13.3. The standard InChI is InChI=1S/C25H30FN5O2S.C2HF3O2/c1-18-16-22(34(32,33)29-24-11-7-10-23(26)28-24)17-27-25(18)30(3)21-12-14-31(15-13-21)19(2)20-8-5-4-6-9-20;3-2(4,5)1(6)7/h4-11,16-17,19,21H,12-15H2,1-3H3,(H,28,29);(H,6,7)/t19-;/m1./s1. The summed E-state index contributed by atoms with van der Waals surface area (Å²) >= 11 is 0. The second-order valence-electron chi connectivity index (χ2n) is 9.53. The zero-order valence-electron chi connectivity index (χ0n) is 22.6. The number of alkyl halides is 3. The lowest BCUT2D eigenvalue weighted by Gasteiger charge is -2.40. The lowest BCUT2D eigenvalue weighted by Crippen LogP contribution is -2.44. The van der Waals surface area contributed by atoms with Crippen LogP contribution in [0.4, 0.5) is 29.2 Å². The molecule has 1 aliphatic rings. The van der Waals surface area contributed by atoms with Crippen LogP contribution in [-0.2, 0) is 14.8 Å². The summed E-state index contributed by atoms with van der Waals surface area (Å²) in [6.07, 6.45) is -1.74. The highest BCUT2D eigenvalue weighted by atomic mass is 32.2. The minimum absolute atomic E-state index is 0.0136. The second kappa shape index (κ2) is 13.3. The summed E-state index contributed by atoms with van der Waals surface area (Å²) in [6.45, 7) is 6.07. The van der Waals surface area contributed by atoms with Crippen molar-refractivity contribution in [2.24, 2.45) is 0 Å². The van der Waals surface area contributed by atoms with Crippen LogP contribution in [-0.4, -0.2) is 66.7 Å². The molecule has 0 amide bonds. The molecule has 0 spiro atoms. The van der Waals surface area contributed by atoms with Crippen molar-refractivity contribution in [1.29, 1.82) is 0 Å². The van der Waals surface area contributed by atoms with Gasteiger partial charge < -0.3 is 10.0 Å². The number of carboxylic acids is 1. The molecule has 1 saturated heterocycles. The lowest BCUT2D eigenvalue weighted by atomic mass is 9.99. The number of rotatable bonds is 7. The number of aryl methyl sites for hydroxylation is 1. The van der Waals surface area contributed by atoms with E-state index in [0.717, 1.165) is 43.4 Å². The highest BCUT2D eigenvalue weighted by molar-refractivity contribution is 7.92. The van der Waals surface area contributed by atoms with Gasteiger partial charge in [0.05, 0.1) is 0 Å². The molecule has 3 aromatic rings. The molecule has 2 N–H and O–H groups in total. The third kappa shape index (κ3) is 8.60. The molecule has 222 valence electrons. The van der Waals surface area contributed by atoms with Crippen molar-refractivity contribution in [2.75, 3.05) is 29.8 Å². The van der Waals surface area contributed by atoms with Crippen molar-refractivity contribution in [1.82, 2.24) is 14.9 Å². The number of carboxylic acid groups (broad SMARTS) is 1. The molecule has 3 heterocycles. The SMILES string of the molecule is Cc1cc(S(=O)(=O)Nc2cccc(F)n2)cnc1N(C)C1CCN([C@H](C)c2ccccc2)CC1.O=C(O)C(F)(F)F. The molecule has 4 rings (SSSR count). The van der Waals surface area contributed by atoms with Crippen molar-refractivity contribution in [3.8, 4) is 0 Å². The number of nitrogens with one attached hydrogen (secondary N) is 1. The summed E-state index contributed by atoms with van der Waals surface area (Å²) in [6, 6.07) is 16.8. The molecule has 1 fully saturated rings. The number of hydrogen-bond acceptors (Lipinski definition) is 7. The number of nitrogens with zero attached hydrogens (tertiary/aromatic N) is 4. The van der Waals surface area contributed by atoms with E-state index in [9.17, 15) is 26.0 Å². The van der Waals surface area contributed by atoms with Gasteiger partial charge in [-0.1, -0.05) is 36.4 Å². The molecule has 0 unspecified atom stereocenters. The Labute approximate surface area is 235 Å². The van der Waals surface area contributed by atoms with Crippen LogP contribution in [0.15, 0.2) is 65.7 Å². The molecule has 0 saturated carbocycles. The number of hydrogen-bond donors (Lipinski definition) is 2. The first kappa shape index (κ1) is 31.7. The Kier molecular flexibility index (Phi) is 10.3. The number of aromatic nitrogens is 2. The van der Waals surface area contributed by atoms with E-state index in [1.54, 1.807) is 6.07 Å². The summed E-state index contributed by atoms with van der Waals surface area (Å²) in [4.78, 5) is 21.6. The van der Waals surface area contributed by atoms with Crippen molar-refractivity contribution in [3.05, 3.63) is 77.9 Å². The Bertz CT molecular complexity index is 1430. The van der Waals surface area contributed by atoms with Crippen molar-refractivity contribution >= 4 is 27.6 Å². The summed E-state index contributed by atoms with van der Waals surface area (Å²) in [5.41, 5.74) is 2.09. The first-order valence-electron chi connectivity index (χ1n) is 12.6. The van der Waals surface area contributed by atoms with Crippen molar-refractivity contribution in [3.63, 3.8) is 0 Å². The van der Waals surface area contributed by atoms with Crippen LogP contribution < -0.4 is 9.62 Å². The number of piperidine rings is 1. The molecule has 41 heavy (non-hydrogen) atoms. The summed E-state index contributed by atoms with van der Waals surface area (Å²) in [7, 11) is -1.92. The van der Waals surface area contributed by atoms with Crippen LogP contribution in [0.2, 0.25) is 0 Å². The fourth-order valence-corrected chi connectivity index (χ4v) is 5.53. The van der Waals surface area contributed by atoms with E-state index in [2.05, 4.69) is 55.7 Å². The highest BCUT2D eigenvalue weighted by Gasteiger charge is 2.38. The van der Waals surface area contributed by atoms with Crippen molar-refractivity contribution in [2.45, 2.75) is 49.8 Å². The smallest absolute Gasteiger partial charge is 0.475 e. The van der Waals surface area contributed by atoms with Crippen LogP contribution in [0.25, 0.3) is 0 Å². The fourth-order valence-electron chi connectivity index (χ4n) is 4.50. The Balaban J connectivity index is 0.000000587. The van der Waals surface area contributed by atoms with E-state index in [1.807, 2.05) is 20.0 Å². The minimum atomic E-state index is -5.08. The molecular weight excluding hydrogens is 566 g/mol. The first-order valence-corrected chi connectivity index (χ1v) is 14.1. The number of pyridine rings is 2. The average Bonchev–Trinajstić information content (AvgIpc) is 2.92. The van der Waals surface area contributed by atoms with Gasteiger partial charge >= 0.3 is 12.1 Å². The highest BCUT2D eigenvalue weighted by Crippen LogP contribution is 2.29. The minimum Gasteiger partial charge on any atom is -0.475 e. The Morgan fingerprint density at radius 2 is 1.73 bits per heavy atom. The Morgan fingerprint density at radius 3 is 2.27 bits per heavy atom. The molecule has 1 aliphatic heterocycles. The van der Waals surface area contributed by atoms with Gasteiger partial charge in [0.1, 0.15) is 16.5 Å². The van der Waals surface area contributed by atoms with Crippen LogP contribution in [0.5, 0.6) is 0 Å². The topological polar surface area (TPSA) is 116 Å².